The molecular formula is C19H21N5OS. The maximum absolute atomic E-state index is 12.7. The highest BCUT2D eigenvalue weighted by Gasteiger charge is 2.32. The van der Waals surface area contributed by atoms with Crippen LogP contribution in [0.4, 0.5) is 5.13 Å². The van der Waals surface area contributed by atoms with Gasteiger partial charge in [0.15, 0.2) is 10.8 Å². The predicted octanol–water partition coefficient (Wildman–Crippen LogP) is 2.93. The highest BCUT2D eigenvalue weighted by Crippen LogP contribution is 2.33. The Hall–Kier alpha value is -2.54. The second-order valence-electron chi connectivity index (χ2n) is 6.38. The standard InChI is InChI=1S/C19H21N5OS/c1-2-14-16-17(22-12-21-14)23-19(26-16)24-10-6-9-15(24)18(25)20-11-13-7-4-3-5-8-13/h3-5,7-8,12,15H,2,6,9-11H2,1H3,(H,20,25)/t15-/m1/s1. The van der Waals surface area contributed by atoms with Crippen molar-refractivity contribution in [3.63, 3.8) is 0 Å². The molecule has 26 heavy (non-hydrogen) atoms. The molecule has 1 aliphatic rings. The van der Waals surface area contributed by atoms with Crippen LogP contribution in [0.25, 0.3) is 10.3 Å². The Morgan fingerprint density at radius 2 is 2.15 bits per heavy atom. The van der Waals surface area contributed by atoms with E-state index in [0.717, 1.165) is 52.5 Å². The minimum Gasteiger partial charge on any atom is -0.350 e. The second kappa shape index (κ2) is 7.37. The molecule has 7 heteroatoms. The quantitative estimate of drug-likeness (QED) is 0.751. The summed E-state index contributed by atoms with van der Waals surface area (Å²) in [4.78, 5) is 28.2. The van der Waals surface area contributed by atoms with Crippen molar-refractivity contribution in [3.8, 4) is 0 Å². The van der Waals surface area contributed by atoms with Crippen LogP contribution >= 0.6 is 11.3 Å². The summed E-state index contributed by atoms with van der Waals surface area (Å²) >= 11 is 1.59. The molecule has 3 aromatic rings. The lowest BCUT2D eigenvalue weighted by molar-refractivity contribution is -0.122. The maximum atomic E-state index is 12.7. The first-order valence-electron chi connectivity index (χ1n) is 8.95. The molecule has 0 spiro atoms. The fraction of sp³-hybridized carbons (Fsp3) is 0.368. The fourth-order valence-corrected chi connectivity index (χ4v) is 4.49. The van der Waals surface area contributed by atoms with Crippen LogP contribution in [-0.4, -0.2) is 33.4 Å². The first kappa shape index (κ1) is 16.9. The second-order valence-corrected chi connectivity index (χ2v) is 7.36. The van der Waals surface area contributed by atoms with Gasteiger partial charge in [0.2, 0.25) is 5.91 Å². The van der Waals surface area contributed by atoms with E-state index in [9.17, 15) is 4.79 Å². The third-order valence-corrected chi connectivity index (χ3v) is 5.83. The molecule has 0 aliphatic carbocycles. The minimum absolute atomic E-state index is 0.0624. The number of thiazole rings is 1. The lowest BCUT2D eigenvalue weighted by Crippen LogP contribution is -2.43. The first-order valence-corrected chi connectivity index (χ1v) is 9.76. The van der Waals surface area contributed by atoms with Crippen molar-refractivity contribution in [1.82, 2.24) is 20.3 Å². The van der Waals surface area contributed by atoms with E-state index in [1.54, 1.807) is 17.7 Å². The van der Waals surface area contributed by atoms with Crippen molar-refractivity contribution in [2.75, 3.05) is 11.4 Å². The number of amides is 1. The SMILES string of the molecule is CCc1ncnc2nc(N3CCC[C@@H]3C(=O)NCc3ccccc3)sc12. The molecule has 1 atom stereocenters. The number of benzene rings is 1. The van der Waals surface area contributed by atoms with E-state index in [2.05, 4.69) is 32.1 Å². The Balaban J connectivity index is 1.52. The number of hydrogen-bond donors (Lipinski definition) is 1. The molecule has 3 heterocycles. The van der Waals surface area contributed by atoms with E-state index in [1.165, 1.54) is 0 Å². The van der Waals surface area contributed by atoms with Gasteiger partial charge in [-0.25, -0.2) is 9.97 Å². The molecule has 0 radical (unpaired) electrons. The Labute approximate surface area is 156 Å². The Bertz CT molecular complexity index is 911. The predicted molar refractivity (Wildman–Crippen MR) is 103 cm³/mol. The van der Waals surface area contributed by atoms with Crippen molar-refractivity contribution in [2.24, 2.45) is 0 Å². The molecule has 1 fully saturated rings. The zero-order chi connectivity index (χ0) is 17.9. The highest BCUT2D eigenvalue weighted by atomic mass is 32.1. The third-order valence-electron chi connectivity index (χ3n) is 4.70. The van der Waals surface area contributed by atoms with E-state index in [0.29, 0.717) is 6.54 Å². The molecule has 1 aromatic carbocycles. The van der Waals surface area contributed by atoms with Gasteiger partial charge in [-0.05, 0) is 24.8 Å². The molecule has 134 valence electrons. The molecule has 1 aliphatic heterocycles. The lowest BCUT2D eigenvalue weighted by atomic mass is 10.2. The molecule has 4 rings (SSSR count). The fourth-order valence-electron chi connectivity index (χ4n) is 3.33. The number of fused-ring (bicyclic) bond motifs is 1. The molecule has 0 unspecified atom stereocenters. The van der Waals surface area contributed by atoms with Gasteiger partial charge in [0, 0.05) is 13.1 Å². The van der Waals surface area contributed by atoms with E-state index in [4.69, 9.17) is 0 Å². The normalized spacial score (nSPS) is 17.0. The third kappa shape index (κ3) is 3.26. The molecule has 6 nitrogen and oxygen atoms in total. The number of aryl methyl sites for hydroxylation is 1. The molecule has 1 saturated heterocycles. The zero-order valence-electron chi connectivity index (χ0n) is 14.7. The number of hydrogen-bond acceptors (Lipinski definition) is 6. The molecule has 1 amide bonds. The summed E-state index contributed by atoms with van der Waals surface area (Å²) < 4.78 is 1.03. The van der Waals surface area contributed by atoms with Gasteiger partial charge < -0.3 is 10.2 Å². The topological polar surface area (TPSA) is 71.0 Å². The molecule has 0 saturated carbocycles. The van der Waals surface area contributed by atoms with Crippen LogP contribution < -0.4 is 10.2 Å². The Morgan fingerprint density at radius 1 is 1.31 bits per heavy atom. The van der Waals surface area contributed by atoms with Gasteiger partial charge in [-0.2, -0.15) is 4.98 Å². The van der Waals surface area contributed by atoms with E-state index < -0.39 is 0 Å². The first-order chi connectivity index (χ1) is 12.8. The Morgan fingerprint density at radius 3 is 2.96 bits per heavy atom. The van der Waals surface area contributed by atoms with E-state index in [1.807, 2.05) is 30.3 Å². The average Bonchev–Trinajstić information content (AvgIpc) is 3.33. The summed E-state index contributed by atoms with van der Waals surface area (Å²) in [6, 6.07) is 9.81. The molecule has 1 N–H and O–H groups in total. The van der Waals surface area contributed by atoms with Crippen molar-refractivity contribution in [1.29, 1.82) is 0 Å². The number of nitrogens with zero attached hydrogens (tertiary/aromatic N) is 4. The largest absolute Gasteiger partial charge is 0.350 e. The van der Waals surface area contributed by atoms with E-state index in [-0.39, 0.29) is 11.9 Å². The molecule has 2 aromatic heterocycles. The zero-order valence-corrected chi connectivity index (χ0v) is 15.5. The van der Waals surface area contributed by atoms with Gasteiger partial charge in [-0.15, -0.1) is 0 Å². The summed E-state index contributed by atoms with van der Waals surface area (Å²) in [5, 5.41) is 3.93. The number of anilines is 1. The summed E-state index contributed by atoms with van der Waals surface area (Å²) in [7, 11) is 0. The highest BCUT2D eigenvalue weighted by molar-refractivity contribution is 7.22. The summed E-state index contributed by atoms with van der Waals surface area (Å²) in [5.74, 6) is 0.0624. The van der Waals surface area contributed by atoms with Crippen LogP contribution in [0.3, 0.4) is 0 Å². The van der Waals surface area contributed by atoms with Gasteiger partial charge in [0.25, 0.3) is 0 Å². The summed E-state index contributed by atoms with van der Waals surface area (Å²) in [5.41, 5.74) is 2.85. The Kier molecular flexibility index (Phi) is 4.79. The number of carbonyl (C=O) groups excluding carboxylic acids is 1. The van der Waals surface area contributed by atoms with Gasteiger partial charge in [-0.3, -0.25) is 4.79 Å². The van der Waals surface area contributed by atoms with Gasteiger partial charge in [0.1, 0.15) is 12.4 Å². The number of rotatable bonds is 5. The van der Waals surface area contributed by atoms with Crippen molar-refractivity contribution in [2.45, 2.75) is 38.8 Å². The smallest absolute Gasteiger partial charge is 0.243 e. The van der Waals surface area contributed by atoms with Gasteiger partial charge >= 0.3 is 0 Å². The lowest BCUT2D eigenvalue weighted by Gasteiger charge is -2.23. The molecule has 0 bridgehead atoms. The summed E-state index contributed by atoms with van der Waals surface area (Å²) in [6.45, 7) is 3.48. The van der Waals surface area contributed by atoms with Gasteiger partial charge in [0.05, 0.1) is 10.4 Å². The van der Waals surface area contributed by atoms with Crippen LogP contribution in [0.5, 0.6) is 0 Å². The van der Waals surface area contributed by atoms with Crippen LogP contribution in [0.15, 0.2) is 36.7 Å². The van der Waals surface area contributed by atoms with Crippen LogP contribution in [0, 0.1) is 0 Å². The number of nitrogens with one attached hydrogen (secondary N) is 1. The van der Waals surface area contributed by atoms with E-state index >= 15 is 0 Å². The van der Waals surface area contributed by atoms with Crippen LogP contribution in [-0.2, 0) is 17.8 Å². The minimum atomic E-state index is -0.169. The summed E-state index contributed by atoms with van der Waals surface area (Å²) in [6.07, 6.45) is 4.26. The number of carbonyl (C=O) groups is 1. The van der Waals surface area contributed by atoms with Crippen LogP contribution in [0.2, 0.25) is 0 Å². The van der Waals surface area contributed by atoms with Crippen molar-refractivity contribution in [3.05, 3.63) is 47.9 Å². The monoisotopic (exact) mass is 367 g/mol. The maximum Gasteiger partial charge on any atom is 0.243 e. The van der Waals surface area contributed by atoms with Crippen LogP contribution in [0.1, 0.15) is 31.0 Å². The number of aromatic nitrogens is 3. The van der Waals surface area contributed by atoms with Crippen molar-refractivity contribution < 1.29 is 4.79 Å². The molecular weight excluding hydrogens is 346 g/mol. The average molecular weight is 367 g/mol. The van der Waals surface area contributed by atoms with Crippen molar-refractivity contribution >= 4 is 32.7 Å². The van der Waals surface area contributed by atoms with Gasteiger partial charge in [-0.1, -0.05) is 48.6 Å².